The molecule has 1 aromatic rings. The van der Waals surface area contributed by atoms with Crippen molar-refractivity contribution in [1.82, 2.24) is 0 Å². The molecule has 0 aliphatic heterocycles. The molecule has 0 fully saturated rings. The molecule has 0 spiro atoms. The molecular formula is C12H22O4Si. The van der Waals surface area contributed by atoms with E-state index in [0.29, 0.717) is 19.8 Å². The summed E-state index contributed by atoms with van der Waals surface area (Å²) in [7, 11) is -2.70. The normalized spacial score (nSPS) is 13.9. The second-order valence-electron chi connectivity index (χ2n) is 3.64. The Morgan fingerprint density at radius 2 is 1.65 bits per heavy atom. The summed E-state index contributed by atoms with van der Waals surface area (Å²) in [5.74, 6) is 0.854. The quantitative estimate of drug-likeness (QED) is 0.672. The van der Waals surface area contributed by atoms with Crippen molar-refractivity contribution in [2.75, 3.05) is 19.8 Å². The van der Waals surface area contributed by atoms with Crippen LogP contribution in [-0.4, -0.2) is 28.6 Å². The summed E-state index contributed by atoms with van der Waals surface area (Å²) in [5, 5.41) is 0. The van der Waals surface area contributed by atoms with Crippen LogP contribution in [0.15, 0.2) is 22.8 Å². The Bertz CT molecular complexity index is 282. The van der Waals surface area contributed by atoms with Crippen molar-refractivity contribution >= 4 is 8.80 Å². The summed E-state index contributed by atoms with van der Waals surface area (Å²) >= 11 is 0. The van der Waals surface area contributed by atoms with E-state index in [4.69, 9.17) is 17.7 Å². The highest BCUT2D eigenvalue weighted by molar-refractivity contribution is 6.62. The van der Waals surface area contributed by atoms with Gasteiger partial charge in [-0.25, -0.2) is 0 Å². The van der Waals surface area contributed by atoms with E-state index < -0.39 is 8.80 Å². The zero-order chi connectivity index (χ0) is 12.7. The van der Waals surface area contributed by atoms with Crippen molar-refractivity contribution in [3.8, 4) is 0 Å². The highest BCUT2D eigenvalue weighted by Crippen LogP contribution is 2.30. The molecule has 1 heterocycles. The van der Waals surface area contributed by atoms with E-state index in [1.54, 1.807) is 6.26 Å². The molecule has 1 rings (SSSR count). The maximum atomic E-state index is 5.83. The predicted molar refractivity (Wildman–Crippen MR) is 67.8 cm³/mol. The van der Waals surface area contributed by atoms with Gasteiger partial charge >= 0.3 is 8.80 Å². The molecule has 98 valence electrons. The van der Waals surface area contributed by atoms with E-state index in [1.807, 2.05) is 39.8 Å². The van der Waals surface area contributed by atoms with Gasteiger partial charge in [0.25, 0.3) is 0 Å². The highest BCUT2D eigenvalue weighted by Gasteiger charge is 2.48. The molecule has 0 radical (unpaired) electrons. The summed E-state index contributed by atoms with van der Waals surface area (Å²) in [6, 6.07) is 3.80. The standard InChI is InChI=1S/C12H22O4Si/c1-5-14-17(15-6-2,16-7-3)11(4)12-9-8-10-13-12/h8-11H,5-7H2,1-4H3. The molecule has 0 aliphatic rings. The molecule has 0 aromatic carbocycles. The number of hydrogen-bond acceptors (Lipinski definition) is 4. The first-order valence-electron chi connectivity index (χ1n) is 6.15. The van der Waals surface area contributed by atoms with Crippen LogP contribution in [0.2, 0.25) is 0 Å². The fourth-order valence-electron chi connectivity index (χ4n) is 1.82. The lowest BCUT2D eigenvalue weighted by Gasteiger charge is -2.32. The van der Waals surface area contributed by atoms with Crippen LogP contribution in [0.5, 0.6) is 0 Å². The third kappa shape index (κ3) is 3.42. The van der Waals surface area contributed by atoms with Gasteiger partial charge in [0.05, 0.1) is 11.8 Å². The minimum Gasteiger partial charge on any atom is -0.469 e. The lowest BCUT2D eigenvalue weighted by Crippen LogP contribution is -2.51. The van der Waals surface area contributed by atoms with Crippen molar-refractivity contribution in [3.63, 3.8) is 0 Å². The molecule has 0 aliphatic carbocycles. The van der Waals surface area contributed by atoms with Crippen LogP contribution in [0.3, 0.4) is 0 Å². The predicted octanol–water partition coefficient (Wildman–Crippen LogP) is 2.97. The molecule has 0 saturated carbocycles. The van der Waals surface area contributed by atoms with Crippen molar-refractivity contribution in [2.45, 2.75) is 33.2 Å². The number of furan rings is 1. The third-order valence-electron chi connectivity index (χ3n) is 2.54. The number of hydrogen-bond donors (Lipinski definition) is 0. The van der Waals surface area contributed by atoms with E-state index in [2.05, 4.69) is 0 Å². The smallest absolute Gasteiger partial charge is 0.469 e. The van der Waals surface area contributed by atoms with Gasteiger partial charge in [-0.05, 0) is 32.9 Å². The maximum absolute atomic E-state index is 5.83. The Kier molecular flexibility index (Phi) is 5.91. The molecular weight excluding hydrogens is 236 g/mol. The zero-order valence-corrected chi connectivity index (χ0v) is 12.1. The summed E-state index contributed by atoms with van der Waals surface area (Å²) in [5.41, 5.74) is 0.0114. The van der Waals surface area contributed by atoms with Gasteiger partial charge < -0.3 is 17.7 Å². The summed E-state index contributed by atoms with van der Waals surface area (Å²) in [6.45, 7) is 9.63. The molecule has 5 heteroatoms. The third-order valence-corrected chi connectivity index (χ3v) is 5.96. The topological polar surface area (TPSA) is 40.8 Å². The fraction of sp³-hybridized carbons (Fsp3) is 0.667. The molecule has 1 atom stereocenters. The lowest BCUT2D eigenvalue weighted by atomic mass is 10.3. The van der Waals surface area contributed by atoms with Crippen molar-refractivity contribution < 1.29 is 17.7 Å². The van der Waals surface area contributed by atoms with Crippen LogP contribution in [-0.2, 0) is 13.3 Å². The van der Waals surface area contributed by atoms with E-state index in [-0.39, 0.29) is 5.54 Å². The maximum Gasteiger partial charge on any atom is 0.511 e. The van der Waals surface area contributed by atoms with Crippen molar-refractivity contribution in [1.29, 1.82) is 0 Å². The second kappa shape index (κ2) is 6.96. The van der Waals surface area contributed by atoms with Gasteiger partial charge in [-0.15, -0.1) is 0 Å². The lowest BCUT2D eigenvalue weighted by molar-refractivity contribution is 0.0612. The molecule has 1 aromatic heterocycles. The van der Waals surface area contributed by atoms with Crippen LogP contribution < -0.4 is 0 Å². The van der Waals surface area contributed by atoms with Crippen molar-refractivity contribution in [2.24, 2.45) is 0 Å². The van der Waals surface area contributed by atoms with Crippen LogP contribution in [0.4, 0.5) is 0 Å². The van der Waals surface area contributed by atoms with Gasteiger partial charge in [0.15, 0.2) is 0 Å². The molecule has 1 unspecified atom stereocenters. The first-order valence-corrected chi connectivity index (χ1v) is 7.95. The average molecular weight is 258 g/mol. The Balaban J connectivity index is 2.93. The first-order chi connectivity index (χ1) is 8.20. The highest BCUT2D eigenvalue weighted by atomic mass is 28.4. The average Bonchev–Trinajstić information content (AvgIpc) is 2.82. The minimum absolute atomic E-state index is 0.0114. The van der Waals surface area contributed by atoms with Crippen LogP contribution >= 0.6 is 0 Å². The largest absolute Gasteiger partial charge is 0.511 e. The molecule has 0 amide bonds. The van der Waals surface area contributed by atoms with Crippen molar-refractivity contribution in [3.05, 3.63) is 24.2 Å². The van der Waals surface area contributed by atoms with Gasteiger partial charge in [-0.2, -0.15) is 0 Å². The van der Waals surface area contributed by atoms with Gasteiger partial charge in [-0.1, -0.05) is 6.92 Å². The molecule has 0 bridgehead atoms. The van der Waals surface area contributed by atoms with Gasteiger partial charge in [0.1, 0.15) is 5.76 Å². The first kappa shape index (κ1) is 14.4. The monoisotopic (exact) mass is 258 g/mol. The van der Waals surface area contributed by atoms with E-state index >= 15 is 0 Å². The summed E-state index contributed by atoms with van der Waals surface area (Å²) in [6.07, 6.45) is 1.66. The Morgan fingerprint density at radius 1 is 1.12 bits per heavy atom. The second-order valence-corrected chi connectivity index (χ2v) is 6.58. The molecule has 17 heavy (non-hydrogen) atoms. The van der Waals surface area contributed by atoms with Gasteiger partial charge in [0, 0.05) is 19.8 Å². The Labute approximate surface area is 104 Å². The molecule has 4 nitrogen and oxygen atoms in total. The fourth-order valence-corrected chi connectivity index (χ4v) is 4.54. The number of rotatable bonds is 8. The Morgan fingerprint density at radius 3 is 2.00 bits per heavy atom. The SMILES string of the molecule is CCO[Si](OCC)(OCC)C(C)c1ccco1. The van der Waals surface area contributed by atoms with E-state index in [1.165, 1.54) is 0 Å². The minimum atomic E-state index is -2.70. The Hall–Kier alpha value is -0.623. The molecule has 0 saturated heterocycles. The molecule has 0 N–H and O–H groups in total. The van der Waals surface area contributed by atoms with Gasteiger partial charge in [-0.3, -0.25) is 0 Å². The summed E-state index contributed by atoms with van der Waals surface area (Å²) in [4.78, 5) is 0. The van der Waals surface area contributed by atoms with Gasteiger partial charge in [0.2, 0.25) is 0 Å². The van der Waals surface area contributed by atoms with Crippen LogP contribution in [0, 0.1) is 0 Å². The summed E-state index contributed by atoms with van der Waals surface area (Å²) < 4.78 is 22.9. The van der Waals surface area contributed by atoms with Crippen LogP contribution in [0.1, 0.15) is 39.0 Å². The van der Waals surface area contributed by atoms with E-state index in [0.717, 1.165) is 5.76 Å². The van der Waals surface area contributed by atoms with Crippen LogP contribution in [0.25, 0.3) is 0 Å². The zero-order valence-electron chi connectivity index (χ0n) is 11.1. The van der Waals surface area contributed by atoms with E-state index in [9.17, 15) is 0 Å².